The summed E-state index contributed by atoms with van der Waals surface area (Å²) in [6.45, 7) is 5.24. The van der Waals surface area contributed by atoms with Crippen molar-refractivity contribution in [1.29, 1.82) is 0 Å². The number of ether oxygens (including phenoxy) is 1. The molecular weight excluding hydrogens is 188 g/mol. The van der Waals surface area contributed by atoms with Gasteiger partial charge in [0.05, 0.1) is 6.61 Å². The summed E-state index contributed by atoms with van der Waals surface area (Å²) in [5, 5.41) is 0. The third-order valence-electron chi connectivity index (χ3n) is 4.30. The summed E-state index contributed by atoms with van der Waals surface area (Å²) in [7, 11) is 1.83. The van der Waals surface area contributed by atoms with E-state index >= 15 is 0 Å². The van der Waals surface area contributed by atoms with Crippen molar-refractivity contribution in [1.82, 2.24) is 4.90 Å². The number of hydrogen-bond donors (Lipinski definition) is 1. The second-order valence-electron chi connectivity index (χ2n) is 5.25. The SMILES string of the molecule is COC[C@@H]1CN(CCN)CC12CCCC2. The van der Waals surface area contributed by atoms with Gasteiger partial charge < -0.3 is 15.4 Å². The number of methoxy groups -OCH3 is 1. The molecule has 0 aromatic rings. The monoisotopic (exact) mass is 212 g/mol. The number of hydrogen-bond acceptors (Lipinski definition) is 3. The molecule has 3 nitrogen and oxygen atoms in total. The minimum Gasteiger partial charge on any atom is -0.384 e. The molecule has 88 valence electrons. The Morgan fingerprint density at radius 1 is 1.40 bits per heavy atom. The number of rotatable bonds is 4. The van der Waals surface area contributed by atoms with Gasteiger partial charge in [-0.2, -0.15) is 0 Å². The third-order valence-corrected chi connectivity index (χ3v) is 4.30. The van der Waals surface area contributed by atoms with Crippen molar-refractivity contribution in [3.63, 3.8) is 0 Å². The maximum atomic E-state index is 5.64. The normalized spacial score (nSPS) is 30.4. The Balaban J connectivity index is 2.00. The topological polar surface area (TPSA) is 38.5 Å². The van der Waals surface area contributed by atoms with Gasteiger partial charge in [-0.1, -0.05) is 12.8 Å². The molecule has 2 aliphatic rings. The van der Waals surface area contributed by atoms with Crippen molar-refractivity contribution >= 4 is 0 Å². The van der Waals surface area contributed by atoms with Gasteiger partial charge in [0.25, 0.3) is 0 Å². The molecule has 2 N–H and O–H groups in total. The Morgan fingerprint density at radius 2 is 2.13 bits per heavy atom. The average Bonchev–Trinajstić information content (AvgIpc) is 2.79. The van der Waals surface area contributed by atoms with Crippen LogP contribution in [-0.2, 0) is 4.74 Å². The van der Waals surface area contributed by atoms with Crippen molar-refractivity contribution in [3.8, 4) is 0 Å². The van der Waals surface area contributed by atoms with Crippen molar-refractivity contribution in [2.75, 3.05) is 39.9 Å². The van der Waals surface area contributed by atoms with Gasteiger partial charge in [-0.05, 0) is 18.3 Å². The van der Waals surface area contributed by atoms with Crippen LogP contribution in [-0.4, -0.2) is 44.8 Å². The minimum atomic E-state index is 0.575. The summed E-state index contributed by atoms with van der Waals surface area (Å²) in [6, 6.07) is 0. The Labute approximate surface area is 93.0 Å². The summed E-state index contributed by atoms with van der Waals surface area (Å²) in [6.07, 6.45) is 5.64. The number of nitrogens with two attached hydrogens (primary N) is 1. The Hall–Kier alpha value is -0.120. The molecule has 1 saturated carbocycles. The first-order chi connectivity index (χ1) is 7.30. The highest BCUT2D eigenvalue weighted by Crippen LogP contribution is 2.48. The van der Waals surface area contributed by atoms with E-state index in [9.17, 15) is 0 Å². The lowest BCUT2D eigenvalue weighted by molar-refractivity contribution is 0.0968. The van der Waals surface area contributed by atoms with Gasteiger partial charge in [-0.3, -0.25) is 0 Å². The molecule has 15 heavy (non-hydrogen) atoms. The summed E-state index contributed by atoms with van der Waals surface area (Å²) >= 11 is 0. The van der Waals surface area contributed by atoms with Crippen LogP contribution < -0.4 is 5.73 Å². The van der Waals surface area contributed by atoms with E-state index < -0.39 is 0 Å². The lowest BCUT2D eigenvalue weighted by Gasteiger charge is -2.29. The molecular formula is C12H24N2O. The summed E-state index contributed by atoms with van der Waals surface area (Å²) in [5.41, 5.74) is 6.22. The molecule has 0 amide bonds. The first kappa shape index (κ1) is 11.4. The van der Waals surface area contributed by atoms with Crippen LogP contribution in [0.2, 0.25) is 0 Å². The largest absolute Gasteiger partial charge is 0.384 e. The zero-order valence-corrected chi connectivity index (χ0v) is 9.87. The predicted octanol–water partition coefficient (Wildman–Crippen LogP) is 1.08. The van der Waals surface area contributed by atoms with Gasteiger partial charge in [-0.25, -0.2) is 0 Å². The van der Waals surface area contributed by atoms with Gasteiger partial charge in [0.1, 0.15) is 0 Å². The quantitative estimate of drug-likeness (QED) is 0.758. The van der Waals surface area contributed by atoms with Crippen molar-refractivity contribution in [2.24, 2.45) is 17.1 Å². The maximum absolute atomic E-state index is 5.64. The molecule has 0 radical (unpaired) electrons. The van der Waals surface area contributed by atoms with Crippen molar-refractivity contribution < 1.29 is 4.74 Å². The van der Waals surface area contributed by atoms with Crippen molar-refractivity contribution in [2.45, 2.75) is 25.7 Å². The molecule has 1 heterocycles. The number of nitrogens with zero attached hydrogens (tertiary/aromatic N) is 1. The first-order valence-corrected chi connectivity index (χ1v) is 6.22. The fourth-order valence-electron chi connectivity index (χ4n) is 3.57. The van der Waals surface area contributed by atoms with Gasteiger partial charge >= 0.3 is 0 Å². The average molecular weight is 212 g/mol. The molecule has 1 spiro atoms. The molecule has 2 rings (SSSR count). The molecule has 1 atom stereocenters. The van der Waals surface area contributed by atoms with Crippen LogP contribution in [0.15, 0.2) is 0 Å². The van der Waals surface area contributed by atoms with Crippen LogP contribution in [0.4, 0.5) is 0 Å². The molecule has 1 aliphatic carbocycles. The highest BCUT2D eigenvalue weighted by molar-refractivity contribution is 4.99. The van der Waals surface area contributed by atoms with Crippen molar-refractivity contribution in [3.05, 3.63) is 0 Å². The fourth-order valence-corrected chi connectivity index (χ4v) is 3.57. The zero-order valence-electron chi connectivity index (χ0n) is 9.87. The van der Waals surface area contributed by atoms with Gasteiger partial charge in [-0.15, -0.1) is 0 Å². The predicted molar refractivity (Wildman–Crippen MR) is 61.8 cm³/mol. The zero-order chi connectivity index (χ0) is 10.7. The van der Waals surface area contributed by atoms with Gasteiger partial charge in [0.15, 0.2) is 0 Å². The van der Waals surface area contributed by atoms with E-state index in [1.54, 1.807) is 0 Å². The van der Waals surface area contributed by atoms with E-state index in [0.717, 1.165) is 25.6 Å². The second-order valence-corrected chi connectivity index (χ2v) is 5.25. The number of likely N-dealkylation sites (tertiary alicyclic amines) is 1. The van der Waals surface area contributed by atoms with Crippen LogP contribution in [0.25, 0.3) is 0 Å². The van der Waals surface area contributed by atoms with Crippen LogP contribution in [0.1, 0.15) is 25.7 Å². The molecule has 2 fully saturated rings. The molecule has 0 bridgehead atoms. The highest BCUT2D eigenvalue weighted by Gasteiger charge is 2.47. The van der Waals surface area contributed by atoms with Crippen LogP contribution in [0, 0.1) is 11.3 Å². The van der Waals surface area contributed by atoms with E-state index in [1.165, 1.54) is 38.8 Å². The molecule has 0 unspecified atom stereocenters. The van der Waals surface area contributed by atoms with Crippen LogP contribution >= 0.6 is 0 Å². The lowest BCUT2D eigenvalue weighted by atomic mass is 9.77. The Bertz CT molecular complexity index is 202. The standard InChI is InChI=1S/C12H24N2O/c1-15-9-11-8-14(7-6-13)10-12(11)4-2-3-5-12/h11H,2-10,13H2,1H3/t11-/m0/s1. The molecule has 3 heteroatoms. The summed E-state index contributed by atoms with van der Waals surface area (Å²) in [5.74, 6) is 0.747. The van der Waals surface area contributed by atoms with Crippen LogP contribution in [0.5, 0.6) is 0 Å². The summed E-state index contributed by atoms with van der Waals surface area (Å²) < 4.78 is 5.38. The molecule has 1 aliphatic heterocycles. The second kappa shape index (κ2) is 4.81. The minimum absolute atomic E-state index is 0.575. The molecule has 1 saturated heterocycles. The summed E-state index contributed by atoms with van der Waals surface area (Å²) in [4.78, 5) is 2.54. The maximum Gasteiger partial charge on any atom is 0.0508 e. The van der Waals surface area contributed by atoms with Crippen LogP contribution in [0.3, 0.4) is 0 Å². The Kier molecular flexibility index (Phi) is 3.65. The highest BCUT2D eigenvalue weighted by atomic mass is 16.5. The van der Waals surface area contributed by atoms with E-state index in [4.69, 9.17) is 10.5 Å². The van der Waals surface area contributed by atoms with E-state index in [-0.39, 0.29) is 0 Å². The molecule has 0 aromatic carbocycles. The fraction of sp³-hybridized carbons (Fsp3) is 1.00. The molecule has 0 aromatic heterocycles. The van der Waals surface area contributed by atoms with E-state index in [1.807, 2.05) is 7.11 Å². The Morgan fingerprint density at radius 3 is 2.73 bits per heavy atom. The van der Waals surface area contributed by atoms with Gasteiger partial charge in [0, 0.05) is 39.2 Å². The lowest BCUT2D eigenvalue weighted by Crippen LogP contribution is -2.30. The first-order valence-electron chi connectivity index (χ1n) is 6.22. The van der Waals surface area contributed by atoms with E-state index in [2.05, 4.69) is 4.90 Å². The van der Waals surface area contributed by atoms with Gasteiger partial charge in [0.2, 0.25) is 0 Å². The third kappa shape index (κ3) is 2.19. The smallest absolute Gasteiger partial charge is 0.0508 e. The van der Waals surface area contributed by atoms with E-state index in [0.29, 0.717) is 5.41 Å².